The zero-order valence-electron chi connectivity index (χ0n) is 15.4. The van der Waals surface area contributed by atoms with Crippen molar-refractivity contribution in [2.45, 2.75) is 82.9 Å². The zero-order chi connectivity index (χ0) is 17.4. The number of carbonyl (C=O) groups excluding carboxylic acids is 1. The third-order valence-electron chi connectivity index (χ3n) is 5.82. The Kier molecular flexibility index (Phi) is 4.48. The normalized spacial score (nSPS) is 25.0. The highest BCUT2D eigenvalue weighted by Gasteiger charge is 2.46. The van der Waals surface area contributed by atoms with Crippen LogP contribution in [0.3, 0.4) is 0 Å². The van der Waals surface area contributed by atoms with E-state index in [2.05, 4.69) is 34.3 Å². The molecule has 2 aliphatic carbocycles. The van der Waals surface area contributed by atoms with E-state index < -0.39 is 0 Å². The van der Waals surface area contributed by atoms with Crippen molar-refractivity contribution < 1.29 is 9.53 Å². The molecule has 2 saturated carbocycles. The fourth-order valence-electron chi connectivity index (χ4n) is 4.50. The molecule has 1 aromatic heterocycles. The number of hydrogen-bond donors (Lipinski definition) is 2. The van der Waals surface area contributed by atoms with E-state index in [1.807, 2.05) is 6.20 Å². The number of anilines is 1. The number of hydrogen-bond acceptors (Lipinski definition) is 3. The van der Waals surface area contributed by atoms with Crippen LogP contribution in [-0.2, 0) is 11.3 Å². The fourth-order valence-corrected chi connectivity index (χ4v) is 4.50. The first-order chi connectivity index (χ1) is 12.1. The van der Waals surface area contributed by atoms with Gasteiger partial charge in [0.2, 0.25) is 0 Å². The van der Waals surface area contributed by atoms with Crippen LogP contribution in [0.15, 0.2) is 6.20 Å². The molecular formula is C19H30N4O2. The molecule has 6 heteroatoms. The van der Waals surface area contributed by atoms with Gasteiger partial charge in [0.25, 0.3) is 0 Å². The molecule has 2 heterocycles. The maximum absolute atomic E-state index is 12.6. The van der Waals surface area contributed by atoms with Crippen molar-refractivity contribution in [2.24, 2.45) is 5.92 Å². The van der Waals surface area contributed by atoms with Gasteiger partial charge in [0.1, 0.15) is 0 Å². The van der Waals surface area contributed by atoms with Gasteiger partial charge < -0.3 is 15.4 Å². The second-order valence-electron chi connectivity index (χ2n) is 8.35. The molecule has 2 amide bonds. The molecule has 1 atom stereocenters. The van der Waals surface area contributed by atoms with Crippen LogP contribution in [0, 0.1) is 5.92 Å². The predicted molar refractivity (Wildman–Crippen MR) is 96.8 cm³/mol. The smallest absolute Gasteiger partial charge is 0.319 e. The summed E-state index contributed by atoms with van der Waals surface area (Å²) in [6.45, 7) is 6.04. The lowest BCUT2D eigenvalue weighted by atomic mass is 9.93. The van der Waals surface area contributed by atoms with Crippen molar-refractivity contribution in [1.82, 2.24) is 15.1 Å². The molecule has 1 aromatic rings. The summed E-state index contributed by atoms with van der Waals surface area (Å²) in [5.74, 6) is 1.09. The summed E-state index contributed by atoms with van der Waals surface area (Å²) in [6, 6.07) is 0.0119. The average Bonchev–Trinajstić information content (AvgIpc) is 2.98. The van der Waals surface area contributed by atoms with Gasteiger partial charge in [0, 0.05) is 19.1 Å². The van der Waals surface area contributed by atoms with E-state index >= 15 is 0 Å². The lowest BCUT2D eigenvalue weighted by Gasteiger charge is -2.30. The van der Waals surface area contributed by atoms with Crippen LogP contribution in [0.25, 0.3) is 0 Å². The number of rotatable bonds is 5. The van der Waals surface area contributed by atoms with Crippen LogP contribution in [0.5, 0.6) is 0 Å². The second kappa shape index (κ2) is 6.63. The van der Waals surface area contributed by atoms with Gasteiger partial charge in [-0.15, -0.1) is 0 Å². The van der Waals surface area contributed by atoms with Gasteiger partial charge in [-0.3, -0.25) is 4.68 Å². The lowest BCUT2D eigenvalue weighted by molar-refractivity contribution is -0.00230. The number of urea groups is 1. The summed E-state index contributed by atoms with van der Waals surface area (Å²) < 4.78 is 8.10. The number of amides is 2. The molecule has 138 valence electrons. The monoisotopic (exact) mass is 346 g/mol. The SMILES string of the molecule is CC(C)Cn1ncc(NC(=O)NC2CCOC23CCCC3)c1C1CC1. The summed E-state index contributed by atoms with van der Waals surface area (Å²) >= 11 is 0. The molecule has 0 aromatic carbocycles. The fraction of sp³-hybridized carbons (Fsp3) is 0.789. The quantitative estimate of drug-likeness (QED) is 0.855. The second-order valence-corrected chi connectivity index (χ2v) is 8.35. The van der Waals surface area contributed by atoms with Crippen LogP contribution in [0.4, 0.5) is 10.5 Å². The topological polar surface area (TPSA) is 68.2 Å². The summed E-state index contributed by atoms with van der Waals surface area (Å²) in [5, 5.41) is 10.8. The van der Waals surface area contributed by atoms with E-state index in [1.165, 1.54) is 31.4 Å². The summed E-state index contributed by atoms with van der Waals surface area (Å²) in [4.78, 5) is 12.6. The number of nitrogens with zero attached hydrogens (tertiary/aromatic N) is 2. The predicted octanol–water partition coefficient (Wildman–Crippen LogP) is 3.64. The number of aromatic nitrogens is 2. The Morgan fingerprint density at radius 3 is 2.80 bits per heavy atom. The van der Waals surface area contributed by atoms with Crippen molar-refractivity contribution in [1.29, 1.82) is 0 Å². The van der Waals surface area contributed by atoms with E-state index in [0.29, 0.717) is 11.8 Å². The maximum Gasteiger partial charge on any atom is 0.319 e. The van der Waals surface area contributed by atoms with Crippen LogP contribution in [0.2, 0.25) is 0 Å². The Hall–Kier alpha value is -1.56. The van der Waals surface area contributed by atoms with Crippen molar-refractivity contribution in [2.75, 3.05) is 11.9 Å². The molecule has 3 fully saturated rings. The minimum Gasteiger partial charge on any atom is -0.373 e. The molecule has 25 heavy (non-hydrogen) atoms. The highest BCUT2D eigenvalue weighted by atomic mass is 16.5. The van der Waals surface area contributed by atoms with Crippen molar-refractivity contribution in [3.63, 3.8) is 0 Å². The van der Waals surface area contributed by atoms with Crippen molar-refractivity contribution in [3.8, 4) is 0 Å². The molecular weight excluding hydrogens is 316 g/mol. The van der Waals surface area contributed by atoms with E-state index in [4.69, 9.17) is 4.74 Å². The molecule has 0 radical (unpaired) electrons. The maximum atomic E-state index is 12.6. The minimum atomic E-state index is -0.118. The molecule has 1 saturated heterocycles. The van der Waals surface area contributed by atoms with Crippen LogP contribution in [-0.4, -0.2) is 34.1 Å². The van der Waals surface area contributed by atoms with Crippen molar-refractivity contribution in [3.05, 3.63) is 11.9 Å². The molecule has 2 N–H and O–H groups in total. The third-order valence-corrected chi connectivity index (χ3v) is 5.82. The Morgan fingerprint density at radius 2 is 2.12 bits per heavy atom. The Balaban J connectivity index is 1.43. The van der Waals surface area contributed by atoms with Gasteiger partial charge in [-0.1, -0.05) is 26.7 Å². The highest BCUT2D eigenvalue weighted by molar-refractivity contribution is 5.90. The van der Waals surface area contributed by atoms with Gasteiger partial charge >= 0.3 is 6.03 Å². The van der Waals surface area contributed by atoms with E-state index in [-0.39, 0.29) is 17.7 Å². The molecule has 1 spiro atoms. The number of nitrogens with one attached hydrogen (secondary N) is 2. The first kappa shape index (κ1) is 16.9. The van der Waals surface area contributed by atoms with Crippen LogP contribution in [0.1, 0.15) is 70.4 Å². The standard InChI is InChI=1S/C19H30N4O2/c1-13(2)12-23-17(14-5-6-14)15(11-20-23)21-18(24)22-16-7-10-25-19(16)8-3-4-9-19/h11,13-14,16H,3-10,12H2,1-2H3,(H2,21,22,24). The highest BCUT2D eigenvalue weighted by Crippen LogP contribution is 2.44. The molecule has 4 rings (SSSR count). The van der Waals surface area contributed by atoms with E-state index in [1.54, 1.807) is 0 Å². The summed E-state index contributed by atoms with van der Waals surface area (Å²) in [7, 11) is 0. The lowest BCUT2D eigenvalue weighted by Crippen LogP contribution is -2.49. The summed E-state index contributed by atoms with van der Waals surface area (Å²) in [5.41, 5.74) is 1.96. The average molecular weight is 346 g/mol. The molecule has 1 aliphatic heterocycles. The molecule has 1 unspecified atom stereocenters. The number of ether oxygens (including phenoxy) is 1. The molecule has 0 bridgehead atoms. The van der Waals surface area contributed by atoms with Crippen LogP contribution >= 0.6 is 0 Å². The van der Waals surface area contributed by atoms with Crippen LogP contribution < -0.4 is 10.6 Å². The van der Waals surface area contributed by atoms with Gasteiger partial charge in [0.05, 0.1) is 29.2 Å². The van der Waals surface area contributed by atoms with Gasteiger partial charge in [-0.25, -0.2) is 4.79 Å². The number of carbonyl (C=O) groups is 1. The first-order valence-corrected chi connectivity index (χ1v) is 9.84. The van der Waals surface area contributed by atoms with E-state index in [0.717, 1.165) is 38.1 Å². The largest absolute Gasteiger partial charge is 0.373 e. The van der Waals surface area contributed by atoms with E-state index in [9.17, 15) is 4.79 Å². The van der Waals surface area contributed by atoms with Gasteiger partial charge in [-0.2, -0.15) is 5.10 Å². The third kappa shape index (κ3) is 3.41. The zero-order valence-corrected chi connectivity index (χ0v) is 15.4. The summed E-state index contributed by atoms with van der Waals surface area (Å²) in [6.07, 6.45) is 9.65. The minimum absolute atomic E-state index is 0.113. The Morgan fingerprint density at radius 1 is 1.36 bits per heavy atom. The first-order valence-electron chi connectivity index (χ1n) is 9.84. The van der Waals surface area contributed by atoms with Gasteiger partial charge in [0.15, 0.2) is 0 Å². The van der Waals surface area contributed by atoms with Crippen molar-refractivity contribution >= 4 is 11.7 Å². The van der Waals surface area contributed by atoms with Gasteiger partial charge in [-0.05, 0) is 38.0 Å². The molecule has 3 aliphatic rings. The Bertz CT molecular complexity index is 624. The Labute approximate surface area is 149 Å². The molecule has 6 nitrogen and oxygen atoms in total.